The number of hydrogen-bond donors (Lipinski definition) is 1. The Hall–Kier alpha value is -0.730. The normalized spacial score (nSPS) is 21.6. The molecule has 1 N–H and O–H groups in total. The van der Waals surface area contributed by atoms with E-state index in [1.165, 1.54) is 0 Å². The van der Waals surface area contributed by atoms with Gasteiger partial charge in [-0.15, -0.1) is 0 Å². The van der Waals surface area contributed by atoms with Gasteiger partial charge in [-0.25, -0.2) is 0 Å². The molecule has 2 rings (SSSR count). The summed E-state index contributed by atoms with van der Waals surface area (Å²) < 4.78 is 0. The van der Waals surface area contributed by atoms with Gasteiger partial charge in [-0.3, -0.25) is 0 Å². The van der Waals surface area contributed by atoms with E-state index in [0.717, 1.165) is 30.1 Å². The van der Waals surface area contributed by atoms with E-state index in [2.05, 4.69) is 4.90 Å². The first kappa shape index (κ1) is 9.81. The van der Waals surface area contributed by atoms with E-state index in [1.54, 1.807) is 0 Å². The second-order valence-corrected chi connectivity index (χ2v) is 4.08. The highest BCUT2D eigenvalue weighted by Gasteiger charge is 2.23. The lowest BCUT2D eigenvalue weighted by atomic mass is 10.2. The van der Waals surface area contributed by atoms with Crippen molar-refractivity contribution in [3.05, 3.63) is 29.3 Å². The fourth-order valence-electron chi connectivity index (χ4n) is 2.00. The summed E-state index contributed by atoms with van der Waals surface area (Å²) in [4.78, 5) is 2.25. The lowest BCUT2D eigenvalue weighted by Gasteiger charge is -2.25. The molecule has 0 aliphatic carbocycles. The summed E-state index contributed by atoms with van der Waals surface area (Å²) in [5.41, 5.74) is 1.16. The summed E-state index contributed by atoms with van der Waals surface area (Å²) in [5.74, 6) is 0. The third kappa shape index (κ3) is 1.86. The van der Waals surface area contributed by atoms with Crippen molar-refractivity contribution in [2.45, 2.75) is 18.9 Å². The second-order valence-electron chi connectivity index (χ2n) is 3.65. The van der Waals surface area contributed by atoms with Gasteiger partial charge in [0.05, 0.1) is 12.6 Å². The van der Waals surface area contributed by atoms with Gasteiger partial charge < -0.3 is 10.0 Å². The van der Waals surface area contributed by atoms with Crippen molar-refractivity contribution < 1.29 is 5.11 Å². The Labute approximate surface area is 89.1 Å². The minimum Gasteiger partial charge on any atom is -0.394 e. The van der Waals surface area contributed by atoms with Crippen molar-refractivity contribution >= 4 is 17.3 Å². The van der Waals surface area contributed by atoms with Gasteiger partial charge in [0.25, 0.3) is 0 Å². The zero-order valence-electron chi connectivity index (χ0n) is 7.99. The van der Waals surface area contributed by atoms with Crippen LogP contribution in [0.4, 0.5) is 5.69 Å². The zero-order valence-corrected chi connectivity index (χ0v) is 8.74. The van der Waals surface area contributed by atoms with Crippen LogP contribution in [0, 0.1) is 0 Å². The monoisotopic (exact) mass is 211 g/mol. The summed E-state index contributed by atoms with van der Waals surface area (Å²) in [6.45, 7) is 1.27. The highest BCUT2D eigenvalue weighted by atomic mass is 35.5. The lowest BCUT2D eigenvalue weighted by molar-refractivity contribution is 0.266. The molecular formula is C11H14ClNO. The molecule has 0 bridgehead atoms. The molecule has 1 aromatic rings. The maximum atomic E-state index is 9.18. The van der Waals surface area contributed by atoms with E-state index in [9.17, 15) is 5.11 Å². The smallest absolute Gasteiger partial charge is 0.0635 e. The molecule has 1 fully saturated rings. The predicted octanol–water partition coefficient (Wildman–Crippen LogP) is 2.30. The first-order chi connectivity index (χ1) is 6.81. The summed E-state index contributed by atoms with van der Waals surface area (Å²) in [5, 5.41) is 9.94. The van der Waals surface area contributed by atoms with Crippen LogP contribution in [-0.4, -0.2) is 24.3 Å². The summed E-state index contributed by atoms with van der Waals surface area (Å²) in [7, 11) is 0. The summed E-state index contributed by atoms with van der Waals surface area (Å²) in [6, 6.07) is 8.09. The zero-order chi connectivity index (χ0) is 9.97. The Balaban J connectivity index is 2.17. The van der Waals surface area contributed by atoms with Crippen LogP contribution in [0.3, 0.4) is 0 Å². The van der Waals surface area contributed by atoms with Crippen molar-refractivity contribution in [1.29, 1.82) is 0 Å². The second kappa shape index (κ2) is 4.20. The minimum atomic E-state index is 0.239. The van der Waals surface area contributed by atoms with Gasteiger partial charge in [-0.2, -0.15) is 0 Å². The molecule has 1 atom stereocenters. The number of aliphatic hydroxyl groups is 1. The number of nitrogens with zero attached hydrogens (tertiary/aromatic N) is 1. The van der Waals surface area contributed by atoms with Gasteiger partial charge in [0, 0.05) is 17.3 Å². The predicted molar refractivity (Wildman–Crippen MR) is 58.9 cm³/mol. The Morgan fingerprint density at radius 1 is 1.36 bits per heavy atom. The summed E-state index contributed by atoms with van der Waals surface area (Å²) in [6.07, 6.45) is 2.24. The fraction of sp³-hybridized carbons (Fsp3) is 0.455. The minimum absolute atomic E-state index is 0.239. The highest BCUT2D eigenvalue weighted by molar-refractivity contribution is 6.30. The quantitative estimate of drug-likeness (QED) is 0.812. The topological polar surface area (TPSA) is 23.5 Å². The van der Waals surface area contributed by atoms with Crippen LogP contribution in [0.25, 0.3) is 0 Å². The third-order valence-corrected chi connectivity index (χ3v) is 3.00. The van der Waals surface area contributed by atoms with Crippen LogP contribution >= 0.6 is 11.6 Å². The van der Waals surface area contributed by atoms with E-state index < -0.39 is 0 Å². The first-order valence-corrected chi connectivity index (χ1v) is 5.32. The number of hydrogen-bond acceptors (Lipinski definition) is 2. The largest absolute Gasteiger partial charge is 0.394 e. The number of benzene rings is 1. The van der Waals surface area contributed by atoms with Crippen LogP contribution < -0.4 is 4.90 Å². The molecule has 0 radical (unpaired) electrons. The maximum absolute atomic E-state index is 9.18. The molecule has 0 aromatic heterocycles. The first-order valence-electron chi connectivity index (χ1n) is 4.94. The van der Waals surface area contributed by atoms with E-state index in [1.807, 2.05) is 24.3 Å². The molecule has 76 valence electrons. The van der Waals surface area contributed by atoms with Gasteiger partial charge >= 0.3 is 0 Å². The molecule has 1 saturated heterocycles. The number of halogens is 1. The molecule has 1 aliphatic rings. The molecule has 2 nitrogen and oxygen atoms in total. The van der Waals surface area contributed by atoms with Crippen molar-refractivity contribution in [3.8, 4) is 0 Å². The maximum Gasteiger partial charge on any atom is 0.0635 e. The molecule has 1 unspecified atom stereocenters. The Kier molecular flexibility index (Phi) is 2.94. The highest BCUT2D eigenvalue weighted by Crippen LogP contribution is 2.26. The molecule has 0 saturated carbocycles. The van der Waals surface area contributed by atoms with Crippen LogP contribution in [-0.2, 0) is 0 Å². The number of anilines is 1. The molecule has 3 heteroatoms. The Morgan fingerprint density at radius 2 is 2.07 bits per heavy atom. The fourth-order valence-corrected chi connectivity index (χ4v) is 2.12. The van der Waals surface area contributed by atoms with Crippen LogP contribution in [0.5, 0.6) is 0 Å². The van der Waals surface area contributed by atoms with Gasteiger partial charge in [0.2, 0.25) is 0 Å². The molecule has 0 amide bonds. The standard InChI is InChI=1S/C11H14ClNO/c12-9-3-5-10(6-4-9)13-7-1-2-11(13)8-14/h3-6,11,14H,1-2,7-8H2. The van der Waals surface area contributed by atoms with E-state index in [4.69, 9.17) is 11.6 Å². The van der Waals surface area contributed by atoms with Gasteiger partial charge in [-0.1, -0.05) is 11.6 Å². The molecule has 0 spiro atoms. The van der Waals surface area contributed by atoms with Crippen LogP contribution in [0.2, 0.25) is 5.02 Å². The van der Waals surface area contributed by atoms with Crippen molar-refractivity contribution in [2.75, 3.05) is 18.1 Å². The molecule has 1 aliphatic heterocycles. The van der Waals surface area contributed by atoms with E-state index in [-0.39, 0.29) is 12.6 Å². The van der Waals surface area contributed by atoms with Crippen molar-refractivity contribution in [2.24, 2.45) is 0 Å². The molecule has 1 aromatic carbocycles. The Morgan fingerprint density at radius 3 is 2.71 bits per heavy atom. The van der Waals surface area contributed by atoms with E-state index in [0.29, 0.717) is 0 Å². The summed E-state index contributed by atoms with van der Waals surface area (Å²) >= 11 is 5.82. The van der Waals surface area contributed by atoms with E-state index >= 15 is 0 Å². The molecular weight excluding hydrogens is 198 g/mol. The molecule has 1 heterocycles. The lowest BCUT2D eigenvalue weighted by Crippen LogP contribution is -2.31. The number of aliphatic hydroxyl groups excluding tert-OH is 1. The SMILES string of the molecule is OCC1CCCN1c1ccc(Cl)cc1. The number of rotatable bonds is 2. The van der Waals surface area contributed by atoms with Crippen molar-refractivity contribution in [3.63, 3.8) is 0 Å². The van der Waals surface area contributed by atoms with Gasteiger partial charge in [-0.05, 0) is 37.1 Å². The van der Waals surface area contributed by atoms with Gasteiger partial charge in [0.1, 0.15) is 0 Å². The van der Waals surface area contributed by atoms with Crippen molar-refractivity contribution in [1.82, 2.24) is 0 Å². The van der Waals surface area contributed by atoms with Gasteiger partial charge in [0.15, 0.2) is 0 Å². The van der Waals surface area contributed by atoms with Crippen LogP contribution in [0.15, 0.2) is 24.3 Å². The van der Waals surface area contributed by atoms with Crippen LogP contribution in [0.1, 0.15) is 12.8 Å². The molecule has 14 heavy (non-hydrogen) atoms. The average molecular weight is 212 g/mol. The average Bonchev–Trinajstić information content (AvgIpc) is 2.67. The third-order valence-electron chi connectivity index (χ3n) is 2.75. The Bertz CT molecular complexity index is 299.